The van der Waals surface area contributed by atoms with Crippen molar-refractivity contribution in [2.75, 3.05) is 20.7 Å². The zero-order valence-corrected chi connectivity index (χ0v) is 9.29. The van der Waals surface area contributed by atoms with Gasteiger partial charge in [0.1, 0.15) is 5.75 Å². The molecule has 0 heterocycles. The number of hydrogen-bond acceptors (Lipinski definition) is 2. The van der Waals surface area contributed by atoms with Gasteiger partial charge in [0.15, 0.2) is 0 Å². The molecule has 0 bridgehead atoms. The van der Waals surface area contributed by atoms with E-state index in [9.17, 15) is 0 Å². The monoisotopic (exact) mass is 193 g/mol. The van der Waals surface area contributed by atoms with Crippen LogP contribution in [0.5, 0.6) is 5.75 Å². The minimum atomic E-state index is 0.797. The highest BCUT2D eigenvalue weighted by Gasteiger charge is 1.97. The van der Waals surface area contributed by atoms with Crippen molar-refractivity contribution in [3.05, 3.63) is 29.8 Å². The third-order valence-corrected chi connectivity index (χ3v) is 1.87. The molecule has 0 spiro atoms. The number of nitrogens with zero attached hydrogens (tertiary/aromatic N) is 1. The number of hydrogen-bond donors (Lipinski definition) is 0. The topological polar surface area (TPSA) is 12.5 Å². The molecule has 0 saturated carbocycles. The number of rotatable bonds is 5. The molecular weight excluding hydrogens is 174 g/mol. The van der Waals surface area contributed by atoms with E-state index in [4.69, 9.17) is 4.74 Å². The molecule has 0 radical (unpaired) electrons. The van der Waals surface area contributed by atoms with Gasteiger partial charge in [-0.15, -0.1) is 0 Å². The van der Waals surface area contributed by atoms with Gasteiger partial charge in [-0.3, -0.25) is 0 Å². The van der Waals surface area contributed by atoms with Crippen LogP contribution in [0.15, 0.2) is 24.3 Å². The minimum Gasteiger partial charge on any atom is -0.494 e. The number of benzene rings is 1. The molecule has 2 nitrogen and oxygen atoms in total. The van der Waals surface area contributed by atoms with Gasteiger partial charge in [0.25, 0.3) is 0 Å². The Morgan fingerprint density at radius 1 is 1.29 bits per heavy atom. The normalized spacial score (nSPS) is 10.6. The Balaban J connectivity index is 2.59. The molecule has 0 fully saturated rings. The lowest BCUT2D eigenvalue weighted by Gasteiger charge is -2.11. The van der Waals surface area contributed by atoms with Crippen LogP contribution in [-0.2, 0) is 6.54 Å². The highest BCUT2D eigenvalue weighted by Crippen LogP contribution is 2.14. The Morgan fingerprint density at radius 2 is 2.07 bits per heavy atom. The lowest BCUT2D eigenvalue weighted by molar-refractivity contribution is 0.316. The Labute approximate surface area is 86.5 Å². The quantitative estimate of drug-likeness (QED) is 0.712. The summed E-state index contributed by atoms with van der Waals surface area (Å²) in [5.41, 5.74) is 1.30. The van der Waals surface area contributed by atoms with Crippen molar-refractivity contribution >= 4 is 0 Å². The van der Waals surface area contributed by atoms with Gasteiger partial charge >= 0.3 is 0 Å². The van der Waals surface area contributed by atoms with Crippen molar-refractivity contribution in [1.82, 2.24) is 4.90 Å². The van der Waals surface area contributed by atoms with Crippen LogP contribution in [0.1, 0.15) is 18.9 Å². The van der Waals surface area contributed by atoms with Crippen LogP contribution in [0.25, 0.3) is 0 Å². The van der Waals surface area contributed by atoms with E-state index >= 15 is 0 Å². The average Bonchev–Trinajstić information content (AvgIpc) is 2.14. The van der Waals surface area contributed by atoms with Crippen LogP contribution in [0.4, 0.5) is 0 Å². The van der Waals surface area contributed by atoms with Crippen molar-refractivity contribution in [2.45, 2.75) is 19.9 Å². The van der Waals surface area contributed by atoms with Gasteiger partial charge in [-0.2, -0.15) is 0 Å². The van der Waals surface area contributed by atoms with E-state index in [1.54, 1.807) is 0 Å². The van der Waals surface area contributed by atoms with Crippen LogP contribution in [0.2, 0.25) is 0 Å². The van der Waals surface area contributed by atoms with Crippen LogP contribution < -0.4 is 4.74 Å². The van der Waals surface area contributed by atoms with E-state index in [2.05, 4.69) is 38.1 Å². The van der Waals surface area contributed by atoms with E-state index in [0.717, 1.165) is 25.3 Å². The lowest BCUT2D eigenvalue weighted by Crippen LogP contribution is -2.10. The fourth-order valence-corrected chi connectivity index (χ4v) is 1.32. The zero-order chi connectivity index (χ0) is 10.4. The zero-order valence-electron chi connectivity index (χ0n) is 9.29. The summed E-state index contributed by atoms with van der Waals surface area (Å²) < 4.78 is 5.56. The number of ether oxygens (including phenoxy) is 1. The summed E-state index contributed by atoms with van der Waals surface area (Å²) in [6.07, 6.45) is 1.05. The van der Waals surface area contributed by atoms with Gasteiger partial charge in [-0.05, 0) is 38.2 Å². The lowest BCUT2D eigenvalue weighted by atomic mass is 10.2. The highest BCUT2D eigenvalue weighted by atomic mass is 16.5. The predicted molar refractivity (Wildman–Crippen MR) is 59.6 cm³/mol. The molecule has 0 amide bonds. The second-order valence-electron chi connectivity index (χ2n) is 3.73. The minimum absolute atomic E-state index is 0.797. The molecule has 78 valence electrons. The Morgan fingerprint density at radius 3 is 2.71 bits per heavy atom. The van der Waals surface area contributed by atoms with Crippen molar-refractivity contribution < 1.29 is 4.74 Å². The van der Waals surface area contributed by atoms with E-state index in [1.165, 1.54) is 5.56 Å². The van der Waals surface area contributed by atoms with E-state index in [1.807, 2.05) is 12.1 Å². The van der Waals surface area contributed by atoms with Crippen LogP contribution >= 0.6 is 0 Å². The Kier molecular flexibility index (Phi) is 4.47. The molecule has 1 rings (SSSR count). The van der Waals surface area contributed by atoms with Crippen LogP contribution in [0.3, 0.4) is 0 Å². The van der Waals surface area contributed by atoms with Gasteiger partial charge in [-0.25, -0.2) is 0 Å². The fourth-order valence-electron chi connectivity index (χ4n) is 1.32. The molecule has 0 N–H and O–H groups in total. The summed E-state index contributed by atoms with van der Waals surface area (Å²) in [5.74, 6) is 0.978. The predicted octanol–water partition coefficient (Wildman–Crippen LogP) is 2.54. The SMILES string of the molecule is CCCOc1cccc(CN(C)C)c1. The second kappa shape index (κ2) is 5.66. The summed E-state index contributed by atoms with van der Waals surface area (Å²) in [6, 6.07) is 8.28. The molecule has 0 saturated heterocycles. The second-order valence-corrected chi connectivity index (χ2v) is 3.73. The molecule has 1 aromatic rings. The standard InChI is InChI=1S/C12H19NO/c1-4-8-14-12-7-5-6-11(9-12)10-13(2)3/h5-7,9H,4,8,10H2,1-3H3. The van der Waals surface area contributed by atoms with Crippen LogP contribution in [-0.4, -0.2) is 25.6 Å². The van der Waals surface area contributed by atoms with Crippen molar-refractivity contribution in [2.24, 2.45) is 0 Å². The van der Waals surface area contributed by atoms with E-state index < -0.39 is 0 Å². The maximum Gasteiger partial charge on any atom is 0.119 e. The Hall–Kier alpha value is -1.02. The smallest absolute Gasteiger partial charge is 0.119 e. The maximum atomic E-state index is 5.56. The van der Waals surface area contributed by atoms with Crippen molar-refractivity contribution in [3.63, 3.8) is 0 Å². The van der Waals surface area contributed by atoms with Crippen LogP contribution in [0, 0.1) is 0 Å². The molecule has 0 aliphatic rings. The molecule has 14 heavy (non-hydrogen) atoms. The third-order valence-electron chi connectivity index (χ3n) is 1.87. The summed E-state index contributed by atoms with van der Waals surface area (Å²) >= 11 is 0. The largest absolute Gasteiger partial charge is 0.494 e. The first-order valence-electron chi connectivity index (χ1n) is 5.09. The molecule has 1 aromatic carbocycles. The molecule has 0 aromatic heterocycles. The molecule has 2 heteroatoms. The first-order chi connectivity index (χ1) is 6.72. The molecule has 0 atom stereocenters. The first-order valence-corrected chi connectivity index (χ1v) is 5.09. The van der Waals surface area contributed by atoms with Gasteiger partial charge in [-0.1, -0.05) is 19.1 Å². The summed E-state index contributed by atoms with van der Waals surface area (Å²) in [6.45, 7) is 3.87. The molecular formula is C12H19NO. The van der Waals surface area contributed by atoms with E-state index in [-0.39, 0.29) is 0 Å². The highest BCUT2D eigenvalue weighted by molar-refractivity contribution is 5.28. The van der Waals surface area contributed by atoms with Gasteiger partial charge in [0.2, 0.25) is 0 Å². The van der Waals surface area contributed by atoms with Crippen molar-refractivity contribution in [3.8, 4) is 5.75 Å². The average molecular weight is 193 g/mol. The summed E-state index contributed by atoms with van der Waals surface area (Å²) in [5, 5.41) is 0. The van der Waals surface area contributed by atoms with Crippen molar-refractivity contribution in [1.29, 1.82) is 0 Å². The molecule has 0 aliphatic carbocycles. The van der Waals surface area contributed by atoms with Gasteiger partial charge < -0.3 is 9.64 Å². The summed E-state index contributed by atoms with van der Waals surface area (Å²) in [7, 11) is 4.14. The van der Waals surface area contributed by atoms with Gasteiger partial charge in [0, 0.05) is 6.54 Å². The fraction of sp³-hybridized carbons (Fsp3) is 0.500. The third kappa shape index (κ3) is 3.79. The van der Waals surface area contributed by atoms with Gasteiger partial charge in [0.05, 0.1) is 6.61 Å². The van der Waals surface area contributed by atoms with E-state index in [0.29, 0.717) is 0 Å². The summed E-state index contributed by atoms with van der Waals surface area (Å²) in [4.78, 5) is 2.15. The molecule has 0 unspecified atom stereocenters. The Bertz CT molecular complexity index is 271. The maximum absolute atomic E-state index is 5.56. The molecule has 0 aliphatic heterocycles. The first kappa shape index (κ1) is 11.1.